The minimum Gasteiger partial charge on any atom is -0.493 e. The standard InChI is InChI=1S/C18H25N3O3S.HI/c1-12-8-9-25-15(12)11-21-18(19-2)20-10-13-6-7-14(22-3)17(24-5)16(13)23-4;/h6-9H,10-11H2,1-5H3,(H2,19,20,21);1H. The summed E-state index contributed by atoms with van der Waals surface area (Å²) < 4.78 is 16.2. The summed E-state index contributed by atoms with van der Waals surface area (Å²) in [7, 11) is 6.57. The lowest BCUT2D eigenvalue weighted by Gasteiger charge is -2.17. The minimum atomic E-state index is 0. The van der Waals surface area contributed by atoms with Crippen LogP contribution in [-0.4, -0.2) is 34.3 Å². The maximum atomic E-state index is 5.51. The smallest absolute Gasteiger partial charge is 0.203 e. The maximum absolute atomic E-state index is 5.51. The first-order chi connectivity index (χ1) is 12.1. The highest BCUT2D eigenvalue weighted by Crippen LogP contribution is 2.39. The first-order valence-electron chi connectivity index (χ1n) is 7.89. The van der Waals surface area contributed by atoms with E-state index in [2.05, 4.69) is 34.0 Å². The Balaban J connectivity index is 0.00000338. The SMILES string of the molecule is CN=C(NCc1ccc(OC)c(OC)c1OC)NCc1sccc1C.I. The number of nitrogens with one attached hydrogen (secondary N) is 2. The predicted molar refractivity (Wildman–Crippen MR) is 118 cm³/mol. The fraction of sp³-hybridized carbons (Fsp3) is 0.389. The van der Waals surface area contributed by atoms with Crippen LogP contribution >= 0.6 is 35.3 Å². The van der Waals surface area contributed by atoms with Gasteiger partial charge in [-0.25, -0.2) is 0 Å². The van der Waals surface area contributed by atoms with Gasteiger partial charge in [0.25, 0.3) is 0 Å². The molecule has 0 spiro atoms. The number of aliphatic imine (C=N–C) groups is 1. The zero-order valence-corrected chi connectivity index (χ0v) is 18.9. The van der Waals surface area contributed by atoms with Crippen molar-refractivity contribution in [1.29, 1.82) is 0 Å². The van der Waals surface area contributed by atoms with Crippen LogP contribution in [0.3, 0.4) is 0 Å². The number of methoxy groups -OCH3 is 3. The number of hydrogen-bond acceptors (Lipinski definition) is 5. The lowest BCUT2D eigenvalue weighted by molar-refractivity contribution is 0.322. The molecule has 0 saturated heterocycles. The molecule has 0 amide bonds. The Morgan fingerprint density at radius 2 is 1.69 bits per heavy atom. The van der Waals surface area contributed by atoms with Crippen molar-refractivity contribution in [2.75, 3.05) is 28.4 Å². The van der Waals surface area contributed by atoms with Gasteiger partial charge in [0.15, 0.2) is 17.5 Å². The second kappa shape index (κ2) is 11.1. The fourth-order valence-corrected chi connectivity index (χ4v) is 3.30. The molecule has 0 saturated carbocycles. The van der Waals surface area contributed by atoms with E-state index in [1.54, 1.807) is 39.7 Å². The van der Waals surface area contributed by atoms with Gasteiger partial charge in [0.1, 0.15) is 0 Å². The molecule has 1 heterocycles. The van der Waals surface area contributed by atoms with Gasteiger partial charge in [-0.3, -0.25) is 4.99 Å². The Bertz CT molecular complexity index is 734. The van der Waals surface area contributed by atoms with E-state index in [-0.39, 0.29) is 24.0 Å². The van der Waals surface area contributed by atoms with E-state index in [0.717, 1.165) is 18.1 Å². The van der Waals surface area contributed by atoms with Crippen LogP contribution in [0.4, 0.5) is 0 Å². The first kappa shape index (κ1) is 22.4. The van der Waals surface area contributed by atoms with Crippen molar-refractivity contribution in [2.24, 2.45) is 4.99 Å². The van der Waals surface area contributed by atoms with Crippen molar-refractivity contribution in [3.05, 3.63) is 39.6 Å². The van der Waals surface area contributed by atoms with Gasteiger partial charge in [-0.15, -0.1) is 35.3 Å². The molecule has 0 atom stereocenters. The highest BCUT2D eigenvalue weighted by molar-refractivity contribution is 14.0. The minimum absolute atomic E-state index is 0. The number of halogens is 1. The molecule has 8 heteroatoms. The van der Waals surface area contributed by atoms with Crippen LogP contribution in [0.5, 0.6) is 17.2 Å². The molecular formula is C18H26IN3O3S. The molecule has 1 aromatic heterocycles. The number of aryl methyl sites for hydroxylation is 1. The van der Waals surface area contributed by atoms with E-state index in [9.17, 15) is 0 Å². The summed E-state index contributed by atoms with van der Waals surface area (Å²) in [5.41, 5.74) is 2.24. The highest BCUT2D eigenvalue weighted by atomic mass is 127. The number of guanidine groups is 1. The van der Waals surface area contributed by atoms with Crippen molar-refractivity contribution >= 4 is 41.3 Å². The molecule has 2 N–H and O–H groups in total. The molecule has 1 aromatic carbocycles. The lowest BCUT2D eigenvalue weighted by atomic mass is 10.1. The van der Waals surface area contributed by atoms with Crippen LogP contribution in [0.15, 0.2) is 28.6 Å². The Kier molecular flexibility index (Phi) is 9.57. The molecule has 0 bridgehead atoms. The number of ether oxygens (including phenoxy) is 3. The van der Waals surface area contributed by atoms with Crippen LogP contribution in [0.2, 0.25) is 0 Å². The third-order valence-electron chi connectivity index (χ3n) is 3.84. The quantitative estimate of drug-likeness (QED) is 0.353. The predicted octanol–water partition coefficient (Wildman–Crippen LogP) is 3.57. The molecule has 0 unspecified atom stereocenters. The van der Waals surface area contributed by atoms with E-state index in [1.807, 2.05) is 12.1 Å². The van der Waals surface area contributed by atoms with E-state index in [1.165, 1.54) is 10.4 Å². The van der Waals surface area contributed by atoms with Crippen molar-refractivity contribution in [3.63, 3.8) is 0 Å². The van der Waals surface area contributed by atoms with Gasteiger partial charge in [0, 0.05) is 24.0 Å². The third kappa shape index (κ3) is 5.41. The first-order valence-corrected chi connectivity index (χ1v) is 8.77. The summed E-state index contributed by atoms with van der Waals surface area (Å²) in [6.45, 7) is 3.40. The van der Waals surface area contributed by atoms with E-state index in [4.69, 9.17) is 14.2 Å². The summed E-state index contributed by atoms with van der Waals surface area (Å²) in [6.07, 6.45) is 0. The van der Waals surface area contributed by atoms with Crippen LogP contribution in [0, 0.1) is 6.92 Å². The van der Waals surface area contributed by atoms with E-state index in [0.29, 0.717) is 23.8 Å². The number of hydrogen-bond donors (Lipinski definition) is 2. The summed E-state index contributed by atoms with van der Waals surface area (Å²) in [6, 6.07) is 5.93. The second-order valence-electron chi connectivity index (χ2n) is 5.30. The number of thiophene rings is 1. The Labute approximate surface area is 176 Å². The number of benzene rings is 1. The van der Waals surface area contributed by atoms with Crippen LogP contribution in [0.25, 0.3) is 0 Å². The molecule has 0 radical (unpaired) electrons. The molecule has 6 nitrogen and oxygen atoms in total. The van der Waals surface area contributed by atoms with Crippen LogP contribution < -0.4 is 24.8 Å². The molecule has 2 aromatic rings. The average Bonchev–Trinajstić information content (AvgIpc) is 3.05. The lowest BCUT2D eigenvalue weighted by Crippen LogP contribution is -2.36. The van der Waals surface area contributed by atoms with Crippen LogP contribution in [-0.2, 0) is 13.1 Å². The molecule has 0 aliphatic heterocycles. The largest absolute Gasteiger partial charge is 0.493 e. The van der Waals surface area contributed by atoms with Gasteiger partial charge >= 0.3 is 0 Å². The topological polar surface area (TPSA) is 64.1 Å². The van der Waals surface area contributed by atoms with E-state index >= 15 is 0 Å². The Morgan fingerprint density at radius 1 is 1.00 bits per heavy atom. The second-order valence-corrected chi connectivity index (χ2v) is 6.30. The molecule has 0 fully saturated rings. The van der Waals surface area contributed by atoms with E-state index < -0.39 is 0 Å². The third-order valence-corrected chi connectivity index (χ3v) is 4.86. The Morgan fingerprint density at radius 3 is 2.23 bits per heavy atom. The van der Waals surface area contributed by atoms with Crippen molar-refractivity contribution in [1.82, 2.24) is 10.6 Å². The summed E-state index contributed by atoms with van der Waals surface area (Å²) in [5, 5.41) is 8.72. The summed E-state index contributed by atoms with van der Waals surface area (Å²) in [4.78, 5) is 5.56. The monoisotopic (exact) mass is 491 g/mol. The maximum Gasteiger partial charge on any atom is 0.203 e. The van der Waals surface area contributed by atoms with Crippen molar-refractivity contribution in [2.45, 2.75) is 20.0 Å². The summed E-state index contributed by atoms with van der Waals surface area (Å²) >= 11 is 1.74. The van der Waals surface area contributed by atoms with Crippen molar-refractivity contribution < 1.29 is 14.2 Å². The van der Waals surface area contributed by atoms with Gasteiger partial charge in [-0.05, 0) is 36.1 Å². The zero-order chi connectivity index (χ0) is 18.2. The van der Waals surface area contributed by atoms with Gasteiger partial charge in [-0.1, -0.05) is 0 Å². The fourth-order valence-electron chi connectivity index (χ4n) is 2.45. The Hall–Kier alpha value is -1.68. The molecule has 2 rings (SSSR count). The summed E-state index contributed by atoms with van der Waals surface area (Å²) in [5.74, 6) is 2.60. The van der Waals surface area contributed by atoms with Crippen molar-refractivity contribution in [3.8, 4) is 17.2 Å². The number of rotatable bonds is 7. The zero-order valence-electron chi connectivity index (χ0n) is 15.7. The van der Waals surface area contributed by atoms with Gasteiger partial charge in [0.2, 0.25) is 5.75 Å². The normalized spacial score (nSPS) is 10.7. The van der Waals surface area contributed by atoms with Crippen LogP contribution in [0.1, 0.15) is 16.0 Å². The number of nitrogens with zero attached hydrogens (tertiary/aromatic N) is 1. The molecule has 0 aliphatic rings. The highest BCUT2D eigenvalue weighted by Gasteiger charge is 2.15. The van der Waals surface area contributed by atoms with Gasteiger partial charge in [-0.2, -0.15) is 0 Å². The molecule has 26 heavy (non-hydrogen) atoms. The molecule has 144 valence electrons. The van der Waals surface area contributed by atoms with Gasteiger partial charge < -0.3 is 24.8 Å². The molecule has 0 aliphatic carbocycles. The van der Waals surface area contributed by atoms with Gasteiger partial charge in [0.05, 0.1) is 27.9 Å². The molecular weight excluding hydrogens is 465 g/mol. The average molecular weight is 491 g/mol.